The highest BCUT2D eigenvalue weighted by Gasteiger charge is 2.14. The summed E-state index contributed by atoms with van der Waals surface area (Å²) in [6.45, 7) is 2.12. The molecule has 21 heavy (non-hydrogen) atoms. The Balaban J connectivity index is 1.96. The lowest BCUT2D eigenvalue weighted by Gasteiger charge is -2.20. The van der Waals surface area contributed by atoms with Crippen LogP contribution in [-0.2, 0) is 0 Å². The Bertz CT molecular complexity index is 767. The standard InChI is InChI=1S/C16H15Cl2N3/c1-2-14(11-7-6-10(17)8-13(11)18)20-15-4-3-5-16-12(15)9-19-21-16/h3-9,14,20H,2H2,1H3,(H,19,21). The Hall–Kier alpha value is -1.71. The Morgan fingerprint density at radius 1 is 1.24 bits per heavy atom. The maximum Gasteiger partial charge on any atom is 0.0671 e. The van der Waals surface area contributed by atoms with Crippen molar-refractivity contribution >= 4 is 39.8 Å². The molecule has 5 heteroatoms. The Morgan fingerprint density at radius 3 is 2.86 bits per heavy atom. The lowest BCUT2D eigenvalue weighted by molar-refractivity contribution is 0.751. The third kappa shape index (κ3) is 2.85. The molecule has 1 atom stereocenters. The van der Waals surface area contributed by atoms with Crippen molar-refractivity contribution in [1.82, 2.24) is 10.2 Å². The maximum absolute atomic E-state index is 6.32. The van der Waals surface area contributed by atoms with Crippen molar-refractivity contribution < 1.29 is 0 Å². The van der Waals surface area contributed by atoms with Crippen LogP contribution in [0.4, 0.5) is 5.69 Å². The molecular formula is C16H15Cl2N3. The zero-order valence-electron chi connectivity index (χ0n) is 11.5. The second kappa shape index (κ2) is 5.96. The van der Waals surface area contributed by atoms with E-state index >= 15 is 0 Å². The molecule has 0 fully saturated rings. The summed E-state index contributed by atoms with van der Waals surface area (Å²) in [6, 6.07) is 11.8. The van der Waals surface area contributed by atoms with Gasteiger partial charge in [0.25, 0.3) is 0 Å². The average Bonchev–Trinajstić information content (AvgIpc) is 2.94. The van der Waals surface area contributed by atoms with E-state index in [1.54, 1.807) is 6.07 Å². The minimum Gasteiger partial charge on any atom is -0.378 e. The summed E-state index contributed by atoms with van der Waals surface area (Å²) in [5.74, 6) is 0. The molecule has 1 heterocycles. The van der Waals surface area contributed by atoms with Crippen LogP contribution < -0.4 is 5.32 Å². The Kier molecular flexibility index (Phi) is 4.04. The van der Waals surface area contributed by atoms with Crippen LogP contribution in [0, 0.1) is 0 Å². The average molecular weight is 320 g/mol. The molecular weight excluding hydrogens is 305 g/mol. The number of nitrogens with zero attached hydrogens (tertiary/aromatic N) is 1. The molecule has 0 spiro atoms. The molecule has 1 aromatic heterocycles. The van der Waals surface area contributed by atoms with Crippen LogP contribution in [0.25, 0.3) is 10.9 Å². The van der Waals surface area contributed by atoms with E-state index in [1.807, 2.05) is 36.5 Å². The second-order valence-corrected chi connectivity index (χ2v) is 5.75. The number of hydrogen-bond donors (Lipinski definition) is 2. The van der Waals surface area contributed by atoms with E-state index in [0.717, 1.165) is 28.6 Å². The van der Waals surface area contributed by atoms with Gasteiger partial charge in [-0.3, -0.25) is 5.10 Å². The number of benzene rings is 2. The second-order valence-electron chi connectivity index (χ2n) is 4.91. The van der Waals surface area contributed by atoms with Crippen LogP contribution in [0.2, 0.25) is 10.0 Å². The molecule has 2 N–H and O–H groups in total. The van der Waals surface area contributed by atoms with Gasteiger partial charge in [-0.15, -0.1) is 0 Å². The summed E-state index contributed by atoms with van der Waals surface area (Å²) >= 11 is 12.3. The minimum absolute atomic E-state index is 0.121. The van der Waals surface area contributed by atoms with Gasteiger partial charge in [-0.25, -0.2) is 0 Å². The lowest BCUT2D eigenvalue weighted by atomic mass is 10.0. The fourth-order valence-electron chi connectivity index (χ4n) is 2.47. The summed E-state index contributed by atoms with van der Waals surface area (Å²) < 4.78 is 0. The smallest absolute Gasteiger partial charge is 0.0671 e. The number of nitrogens with one attached hydrogen (secondary N) is 2. The monoisotopic (exact) mass is 319 g/mol. The fourth-order valence-corrected chi connectivity index (χ4v) is 3.01. The highest BCUT2D eigenvalue weighted by Crippen LogP contribution is 2.32. The maximum atomic E-state index is 6.32. The van der Waals surface area contributed by atoms with E-state index in [1.165, 1.54) is 0 Å². The molecule has 1 unspecified atom stereocenters. The quantitative estimate of drug-likeness (QED) is 0.672. The molecule has 0 saturated heterocycles. The molecule has 2 aromatic carbocycles. The van der Waals surface area contributed by atoms with Gasteiger partial charge in [0.15, 0.2) is 0 Å². The number of hydrogen-bond acceptors (Lipinski definition) is 2. The highest BCUT2D eigenvalue weighted by atomic mass is 35.5. The van der Waals surface area contributed by atoms with Crippen molar-refractivity contribution in [2.45, 2.75) is 19.4 Å². The van der Waals surface area contributed by atoms with Gasteiger partial charge in [0, 0.05) is 21.1 Å². The topological polar surface area (TPSA) is 40.7 Å². The summed E-state index contributed by atoms with van der Waals surface area (Å²) in [6.07, 6.45) is 2.74. The van der Waals surface area contributed by atoms with E-state index in [0.29, 0.717) is 10.0 Å². The molecule has 0 aliphatic heterocycles. The molecule has 108 valence electrons. The summed E-state index contributed by atoms with van der Waals surface area (Å²) in [5, 5.41) is 13.0. The number of aromatic amines is 1. The first-order valence-corrected chi connectivity index (χ1v) is 7.58. The summed E-state index contributed by atoms with van der Waals surface area (Å²) in [5.41, 5.74) is 3.10. The fraction of sp³-hybridized carbons (Fsp3) is 0.188. The van der Waals surface area contributed by atoms with Gasteiger partial charge in [-0.1, -0.05) is 42.3 Å². The van der Waals surface area contributed by atoms with E-state index in [4.69, 9.17) is 23.2 Å². The minimum atomic E-state index is 0.121. The molecule has 0 saturated carbocycles. The van der Waals surface area contributed by atoms with Gasteiger partial charge in [0.1, 0.15) is 0 Å². The number of halogens is 2. The first kappa shape index (κ1) is 14.2. The van der Waals surface area contributed by atoms with Crippen LogP contribution in [-0.4, -0.2) is 10.2 Å². The predicted molar refractivity (Wildman–Crippen MR) is 89.2 cm³/mol. The van der Waals surface area contributed by atoms with Gasteiger partial charge < -0.3 is 5.32 Å². The van der Waals surface area contributed by atoms with Crippen molar-refractivity contribution in [3.05, 3.63) is 58.2 Å². The zero-order valence-corrected chi connectivity index (χ0v) is 13.0. The molecule has 3 aromatic rings. The molecule has 0 amide bonds. The SMILES string of the molecule is CCC(Nc1cccc2[nH]ncc12)c1ccc(Cl)cc1Cl. The number of anilines is 1. The first-order chi connectivity index (χ1) is 10.2. The van der Waals surface area contributed by atoms with Crippen LogP contribution >= 0.6 is 23.2 Å². The van der Waals surface area contributed by atoms with E-state index in [9.17, 15) is 0 Å². The Labute approximate surface area is 133 Å². The third-order valence-corrected chi connectivity index (χ3v) is 4.12. The zero-order chi connectivity index (χ0) is 14.8. The van der Waals surface area contributed by atoms with Crippen molar-refractivity contribution in [3.8, 4) is 0 Å². The van der Waals surface area contributed by atoms with E-state index < -0.39 is 0 Å². The number of rotatable bonds is 4. The first-order valence-electron chi connectivity index (χ1n) is 6.82. The van der Waals surface area contributed by atoms with Crippen molar-refractivity contribution in [2.24, 2.45) is 0 Å². The van der Waals surface area contributed by atoms with Crippen molar-refractivity contribution in [2.75, 3.05) is 5.32 Å². The number of aromatic nitrogens is 2. The summed E-state index contributed by atoms with van der Waals surface area (Å²) in [4.78, 5) is 0. The van der Waals surface area contributed by atoms with E-state index in [2.05, 4.69) is 22.4 Å². The molecule has 0 aliphatic rings. The lowest BCUT2D eigenvalue weighted by Crippen LogP contribution is -2.10. The largest absolute Gasteiger partial charge is 0.378 e. The van der Waals surface area contributed by atoms with Crippen molar-refractivity contribution in [3.63, 3.8) is 0 Å². The van der Waals surface area contributed by atoms with Gasteiger partial charge in [-0.2, -0.15) is 5.10 Å². The molecule has 3 nitrogen and oxygen atoms in total. The number of H-pyrrole nitrogens is 1. The highest BCUT2D eigenvalue weighted by molar-refractivity contribution is 6.35. The van der Waals surface area contributed by atoms with Gasteiger partial charge in [0.2, 0.25) is 0 Å². The normalized spacial score (nSPS) is 12.5. The molecule has 0 aliphatic carbocycles. The van der Waals surface area contributed by atoms with Crippen LogP contribution in [0.3, 0.4) is 0 Å². The van der Waals surface area contributed by atoms with Crippen LogP contribution in [0.15, 0.2) is 42.6 Å². The van der Waals surface area contributed by atoms with Gasteiger partial charge in [0.05, 0.1) is 17.8 Å². The van der Waals surface area contributed by atoms with Crippen LogP contribution in [0.1, 0.15) is 24.9 Å². The van der Waals surface area contributed by atoms with Gasteiger partial charge >= 0.3 is 0 Å². The van der Waals surface area contributed by atoms with Crippen LogP contribution in [0.5, 0.6) is 0 Å². The molecule has 3 rings (SSSR count). The predicted octanol–water partition coefficient (Wildman–Crippen LogP) is 5.43. The molecule has 0 radical (unpaired) electrons. The molecule has 0 bridgehead atoms. The third-order valence-electron chi connectivity index (χ3n) is 3.56. The summed E-state index contributed by atoms with van der Waals surface area (Å²) in [7, 11) is 0. The van der Waals surface area contributed by atoms with Crippen molar-refractivity contribution in [1.29, 1.82) is 0 Å². The van der Waals surface area contributed by atoms with E-state index in [-0.39, 0.29) is 6.04 Å². The Morgan fingerprint density at radius 2 is 2.10 bits per heavy atom. The van der Waals surface area contributed by atoms with Gasteiger partial charge in [-0.05, 0) is 36.2 Å². The number of fused-ring (bicyclic) bond motifs is 1.